The predicted molar refractivity (Wildman–Crippen MR) is 182 cm³/mol. The minimum atomic E-state index is -0.464. The van der Waals surface area contributed by atoms with Crippen LogP contribution >= 0.6 is 0 Å². The molecule has 6 heterocycles. The van der Waals surface area contributed by atoms with E-state index in [-0.39, 0.29) is 12.1 Å². The molecule has 4 aromatic rings. The Hall–Kier alpha value is -3.39. The van der Waals surface area contributed by atoms with Gasteiger partial charge in [-0.25, -0.2) is 14.8 Å². The number of carbonyl (C=O) groups excluding carboxylic acids is 1. The molecule has 6 rings (SSSR count). The van der Waals surface area contributed by atoms with Gasteiger partial charge in [0.2, 0.25) is 0 Å². The van der Waals surface area contributed by atoms with E-state index in [0.29, 0.717) is 6.04 Å². The number of fused-ring (bicyclic) bond motifs is 2. The number of amides is 1. The lowest BCUT2D eigenvalue weighted by atomic mass is 9.98. The molecule has 45 heavy (non-hydrogen) atoms. The Morgan fingerprint density at radius 3 is 1.87 bits per heavy atom. The van der Waals surface area contributed by atoms with E-state index in [1.807, 2.05) is 25.7 Å². The molecule has 0 spiro atoms. The van der Waals surface area contributed by atoms with Gasteiger partial charge < -0.3 is 23.8 Å². The maximum Gasteiger partial charge on any atom is 0.410 e. The molecule has 1 amide bonds. The number of piperidine rings is 2. The number of pyridine rings is 2. The van der Waals surface area contributed by atoms with Crippen LogP contribution in [-0.2, 0) is 17.6 Å². The standard InChI is InChI=1S/C21H31N3O2.C16H23N3/c1-14-12-23-13-17(22-19(23)16(3)15(14)2)11-18-9-7-8-10-24(18)20(25)26-21(4,5)6;1-11-9-19-10-15(8-14-6-4-5-7-17-14)18-16(19)13(3)12(11)2/h12-13,18H,7-11H2,1-6H3;9-10,14,17H,4-8H2,1-3H3/t18-;14-/m00/s1. The summed E-state index contributed by atoms with van der Waals surface area (Å²) in [5, 5.41) is 3.60. The van der Waals surface area contributed by atoms with Gasteiger partial charge in [0, 0.05) is 56.3 Å². The third-order valence-electron chi connectivity index (χ3n) is 9.78. The normalized spacial score (nSPS) is 19.1. The van der Waals surface area contributed by atoms with E-state index in [2.05, 4.69) is 80.4 Å². The number of ether oxygens (including phenoxy) is 1. The average Bonchev–Trinajstić information content (AvgIpc) is 3.58. The Morgan fingerprint density at radius 2 is 1.33 bits per heavy atom. The van der Waals surface area contributed by atoms with Crippen LogP contribution in [0.15, 0.2) is 24.8 Å². The largest absolute Gasteiger partial charge is 0.444 e. The smallest absolute Gasteiger partial charge is 0.410 e. The second-order valence-electron chi connectivity index (χ2n) is 14.4. The summed E-state index contributed by atoms with van der Waals surface area (Å²) in [5.74, 6) is 0. The molecule has 2 fully saturated rings. The maximum absolute atomic E-state index is 12.6. The van der Waals surface area contributed by atoms with E-state index in [9.17, 15) is 4.79 Å². The molecule has 8 nitrogen and oxygen atoms in total. The van der Waals surface area contributed by atoms with Crippen LogP contribution in [0.1, 0.15) is 104 Å². The van der Waals surface area contributed by atoms with Crippen molar-refractivity contribution < 1.29 is 9.53 Å². The minimum Gasteiger partial charge on any atom is -0.444 e. The average molecular weight is 615 g/mol. The number of carbonyl (C=O) groups is 1. The highest BCUT2D eigenvalue weighted by Crippen LogP contribution is 2.25. The van der Waals surface area contributed by atoms with Crippen molar-refractivity contribution in [2.45, 2.75) is 131 Å². The molecule has 4 aromatic heterocycles. The molecule has 0 unspecified atom stereocenters. The van der Waals surface area contributed by atoms with Crippen LogP contribution in [0.2, 0.25) is 0 Å². The van der Waals surface area contributed by atoms with Gasteiger partial charge in [0.1, 0.15) is 16.9 Å². The second kappa shape index (κ2) is 13.5. The minimum absolute atomic E-state index is 0.158. The van der Waals surface area contributed by atoms with Crippen molar-refractivity contribution in [3.63, 3.8) is 0 Å². The van der Waals surface area contributed by atoms with Crippen molar-refractivity contribution in [3.05, 3.63) is 69.6 Å². The number of imidazole rings is 2. The summed E-state index contributed by atoms with van der Waals surface area (Å²) < 4.78 is 9.93. The molecule has 8 heteroatoms. The van der Waals surface area contributed by atoms with Gasteiger partial charge in [0.25, 0.3) is 0 Å². The number of nitrogens with zero attached hydrogens (tertiary/aromatic N) is 5. The topological polar surface area (TPSA) is 76.2 Å². The Labute approximate surface area is 269 Å². The fourth-order valence-corrected chi connectivity index (χ4v) is 6.74. The van der Waals surface area contributed by atoms with Crippen molar-refractivity contribution in [2.75, 3.05) is 13.1 Å². The predicted octanol–water partition coefficient (Wildman–Crippen LogP) is 7.54. The number of nitrogens with one attached hydrogen (secondary N) is 1. The molecule has 2 saturated heterocycles. The summed E-state index contributed by atoms with van der Waals surface area (Å²) in [7, 11) is 0. The number of aromatic nitrogens is 4. The lowest BCUT2D eigenvalue weighted by Gasteiger charge is -2.36. The van der Waals surface area contributed by atoms with Crippen molar-refractivity contribution in [1.82, 2.24) is 29.0 Å². The number of aryl methyl sites for hydroxylation is 4. The van der Waals surface area contributed by atoms with Crippen molar-refractivity contribution >= 4 is 17.4 Å². The van der Waals surface area contributed by atoms with Crippen LogP contribution in [0, 0.1) is 41.5 Å². The summed E-state index contributed by atoms with van der Waals surface area (Å²) >= 11 is 0. The van der Waals surface area contributed by atoms with Crippen LogP contribution in [-0.4, -0.2) is 60.5 Å². The Bertz CT molecular complexity index is 1650. The zero-order chi connectivity index (χ0) is 32.5. The molecule has 0 bridgehead atoms. The van der Waals surface area contributed by atoms with E-state index >= 15 is 0 Å². The molecule has 0 radical (unpaired) electrons. The second-order valence-corrected chi connectivity index (χ2v) is 14.4. The Kier molecular flexibility index (Phi) is 9.92. The van der Waals surface area contributed by atoms with Gasteiger partial charge in [-0.3, -0.25) is 0 Å². The fraction of sp³-hybridized carbons (Fsp3) is 0.595. The number of rotatable bonds is 4. The molecule has 2 atom stereocenters. The molecule has 0 saturated carbocycles. The van der Waals surface area contributed by atoms with Gasteiger partial charge in [0.05, 0.1) is 11.4 Å². The first-order valence-corrected chi connectivity index (χ1v) is 16.9. The van der Waals surface area contributed by atoms with Crippen molar-refractivity contribution in [2.24, 2.45) is 0 Å². The fourth-order valence-electron chi connectivity index (χ4n) is 6.74. The van der Waals surface area contributed by atoms with E-state index in [0.717, 1.165) is 62.2 Å². The first-order valence-electron chi connectivity index (χ1n) is 16.9. The zero-order valence-corrected chi connectivity index (χ0v) is 29.1. The van der Waals surface area contributed by atoms with E-state index in [1.165, 1.54) is 58.3 Å². The lowest BCUT2D eigenvalue weighted by molar-refractivity contribution is 0.00986. The van der Waals surface area contributed by atoms with E-state index in [4.69, 9.17) is 14.7 Å². The van der Waals surface area contributed by atoms with E-state index in [1.54, 1.807) is 0 Å². The third-order valence-corrected chi connectivity index (χ3v) is 9.78. The van der Waals surface area contributed by atoms with Crippen LogP contribution in [0.25, 0.3) is 11.3 Å². The number of hydrogen-bond acceptors (Lipinski definition) is 5. The third kappa shape index (κ3) is 7.71. The van der Waals surface area contributed by atoms with Gasteiger partial charge in [-0.1, -0.05) is 6.42 Å². The summed E-state index contributed by atoms with van der Waals surface area (Å²) in [6.45, 7) is 20.6. The summed E-state index contributed by atoms with van der Waals surface area (Å²) in [6.07, 6.45) is 17.4. The lowest BCUT2D eigenvalue weighted by Crippen LogP contribution is -2.47. The Balaban J connectivity index is 0.000000186. The first kappa shape index (κ1) is 33.0. The summed E-state index contributed by atoms with van der Waals surface area (Å²) in [5.41, 5.74) is 11.7. The van der Waals surface area contributed by atoms with E-state index < -0.39 is 5.60 Å². The van der Waals surface area contributed by atoms with Crippen LogP contribution in [0.5, 0.6) is 0 Å². The first-order chi connectivity index (χ1) is 21.3. The monoisotopic (exact) mass is 614 g/mol. The molecule has 1 N–H and O–H groups in total. The summed E-state index contributed by atoms with van der Waals surface area (Å²) in [4.78, 5) is 24.2. The SMILES string of the molecule is Cc1cn2cc(C[C@@H]3CCCCN3)nc2c(C)c1C.Cc1cn2cc(C[C@@H]3CCCCN3C(=O)OC(C)(C)C)nc2c(C)c1C. The molecule has 2 aliphatic heterocycles. The Morgan fingerprint density at radius 1 is 0.778 bits per heavy atom. The van der Waals surface area contributed by atoms with Crippen LogP contribution in [0.3, 0.4) is 0 Å². The maximum atomic E-state index is 12.6. The molecule has 2 aliphatic rings. The van der Waals surface area contributed by atoms with Crippen molar-refractivity contribution in [1.29, 1.82) is 0 Å². The highest BCUT2D eigenvalue weighted by Gasteiger charge is 2.31. The number of hydrogen-bond donors (Lipinski definition) is 1. The highest BCUT2D eigenvalue weighted by molar-refractivity contribution is 5.68. The number of likely N-dealkylation sites (tertiary alicyclic amines) is 1. The molecule has 244 valence electrons. The van der Waals surface area contributed by atoms with Gasteiger partial charge in [-0.15, -0.1) is 0 Å². The van der Waals surface area contributed by atoms with Crippen molar-refractivity contribution in [3.8, 4) is 0 Å². The molecule has 0 aromatic carbocycles. The van der Waals surface area contributed by atoms with Gasteiger partial charge in [0.15, 0.2) is 0 Å². The van der Waals surface area contributed by atoms with Gasteiger partial charge >= 0.3 is 6.09 Å². The van der Waals surface area contributed by atoms with Gasteiger partial charge in [-0.05, 0) is 134 Å². The highest BCUT2D eigenvalue weighted by atomic mass is 16.6. The quantitative estimate of drug-likeness (QED) is 0.257. The molecule has 0 aliphatic carbocycles. The molecular weight excluding hydrogens is 560 g/mol. The summed E-state index contributed by atoms with van der Waals surface area (Å²) in [6, 6.07) is 0.771. The van der Waals surface area contributed by atoms with Crippen LogP contribution < -0.4 is 5.32 Å². The molecular formula is C37H54N6O2. The zero-order valence-electron chi connectivity index (χ0n) is 29.1. The van der Waals surface area contributed by atoms with Crippen LogP contribution in [0.4, 0.5) is 4.79 Å². The van der Waals surface area contributed by atoms with Gasteiger partial charge in [-0.2, -0.15) is 0 Å².